The van der Waals surface area contributed by atoms with Crippen molar-refractivity contribution >= 4 is 11.8 Å². The molecule has 6 heteroatoms. The lowest BCUT2D eigenvalue weighted by atomic mass is 9.92. The SMILES string of the molecule is CC1CC(C)CN(/C=C(/C#N)C(=O)NCCCN2CCCC2=O)C1. The van der Waals surface area contributed by atoms with Gasteiger partial charge in [-0.3, -0.25) is 9.59 Å². The van der Waals surface area contributed by atoms with E-state index in [0.29, 0.717) is 37.8 Å². The van der Waals surface area contributed by atoms with Crippen molar-refractivity contribution in [1.29, 1.82) is 5.26 Å². The monoisotopic (exact) mass is 332 g/mol. The van der Waals surface area contributed by atoms with Crippen LogP contribution >= 0.6 is 0 Å². The minimum atomic E-state index is -0.323. The van der Waals surface area contributed by atoms with Gasteiger partial charge in [-0.15, -0.1) is 0 Å². The van der Waals surface area contributed by atoms with E-state index in [2.05, 4.69) is 24.1 Å². The maximum atomic E-state index is 12.2. The minimum Gasteiger partial charge on any atom is -0.376 e. The van der Waals surface area contributed by atoms with Crippen LogP contribution in [0.2, 0.25) is 0 Å². The fraction of sp³-hybridized carbons (Fsp3) is 0.722. The summed E-state index contributed by atoms with van der Waals surface area (Å²) in [5.41, 5.74) is 0.161. The molecule has 24 heavy (non-hydrogen) atoms. The van der Waals surface area contributed by atoms with Gasteiger partial charge >= 0.3 is 0 Å². The second kappa shape index (κ2) is 8.72. The second-order valence-electron chi connectivity index (χ2n) is 7.15. The van der Waals surface area contributed by atoms with E-state index in [1.165, 1.54) is 6.42 Å². The van der Waals surface area contributed by atoms with E-state index in [9.17, 15) is 14.9 Å². The van der Waals surface area contributed by atoms with Crippen molar-refractivity contribution in [3.8, 4) is 6.07 Å². The number of carbonyl (C=O) groups excluding carboxylic acids is 2. The number of hydrogen-bond donors (Lipinski definition) is 1. The molecule has 2 amide bonds. The molecule has 2 aliphatic rings. The van der Waals surface area contributed by atoms with Crippen molar-refractivity contribution in [1.82, 2.24) is 15.1 Å². The number of nitriles is 1. The fourth-order valence-corrected chi connectivity index (χ4v) is 3.64. The van der Waals surface area contributed by atoms with Crippen LogP contribution in [0.25, 0.3) is 0 Å². The number of rotatable bonds is 6. The van der Waals surface area contributed by atoms with E-state index in [0.717, 1.165) is 26.1 Å². The summed E-state index contributed by atoms with van der Waals surface area (Å²) in [7, 11) is 0. The van der Waals surface area contributed by atoms with Crippen LogP contribution in [0.15, 0.2) is 11.8 Å². The maximum absolute atomic E-state index is 12.2. The summed E-state index contributed by atoms with van der Waals surface area (Å²) >= 11 is 0. The van der Waals surface area contributed by atoms with Gasteiger partial charge in [0.05, 0.1) is 0 Å². The summed E-state index contributed by atoms with van der Waals surface area (Å²) in [5.74, 6) is 1.03. The Morgan fingerprint density at radius 3 is 2.67 bits per heavy atom. The number of amides is 2. The lowest BCUT2D eigenvalue weighted by molar-refractivity contribution is -0.127. The summed E-state index contributed by atoms with van der Waals surface area (Å²) in [6.07, 6.45) is 5.17. The van der Waals surface area contributed by atoms with Crippen LogP contribution < -0.4 is 5.32 Å². The number of likely N-dealkylation sites (tertiary alicyclic amines) is 2. The van der Waals surface area contributed by atoms with Gasteiger partial charge in [-0.2, -0.15) is 5.26 Å². The first kappa shape index (κ1) is 18.3. The quantitative estimate of drug-likeness (QED) is 0.454. The van der Waals surface area contributed by atoms with Crippen molar-refractivity contribution in [3.63, 3.8) is 0 Å². The molecule has 2 aliphatic heterocycles. The lowest BCUT2D eigenvalue weighted by Crippen LogP contribution is -2.36. The third-order valence-electron chi connectivity index (χ3n) is 4.64. The highest BCUT2D eigenvalue weighted by Crippen LogP contribution is 2.21. The average Bonchev–Trinajstić information content (AvgIpc) is 2.93. The van der Waals surface area contributed by atoms with Gasteiger partial charge < -0.3 is 15.1 Å². The van der Waals surface area contributed by atoms with Gasteiger partial charge in [0.15, 0.2) is 0 Å². The first-order chi connectivity index (χ1) is 11.5. The Hall–Kier alpha value is -2.03. The molecule has 2 unspecified atom stereocenters. The number of nitrogens with zero attached hydrogens (tertiary/aromatic N) is 3. The Labute approximate surface area is 144 Å². The highest BCUT2D eigenvalue weighted by molar-refractivity contribution is 5.97. The van der Waals surface area contributed by atoms with Crippen LogP contribution in [0.1, 0.15) is 39.5 Å². The summed E-state index contributed by atoms with van der Waals surface area (Å²) in [6, 6.07) is 2.01. The van der Waals surface area contributed by atoms with Gasteiger partial charge in [0, 0.05) is 45.3 Å². The van der Waals surface area contributed by atoms with Crippen LogP contribution in [0.4, 0.5) is 0 Å². The molecule has 0 aromatic carbocycles. The second-order valence-corrected chi connectivity index (χ2v) is 7.15. The summed E-state index contributed by atoms with van der Waals surface area (Å²) in [5, 5.41) is 12.1. The van der Waals surface area contributed by atoms with Crippen molar-refractivity contribution < 1.29 is 9.59 Å². The predicted octanol–water partition coefficient (Wildman–Crippen LogP) is 1.50. The molecule has 0 aliphatic carbocycles. The Kier molecular flexibility index (Phi) is 6.65. The van der Waals surface area contributed by atoms with Gasteiger partial charge in [0.25, 0.3) is 5.91 Å². The molecule has 2 fully saturated rings. The largest absolute Gasteiger partial charge is 0.376 e. The maximum Gasteiger partial charge on any atom is 0.263 e. The van der Waals surface area contributed by atoms with E-state index in [4.69, 9.17) is 0 Å². The molecule has 6 nitrogen and oxygen atoms in total. The molecular formula is C18H28N4O2. The van der Waals surface area contributed by atoms with E-state index in [-0.39, 0.29) is 17.4 Å². The summed E-state index contributed by atoms with van der Waals surface area (Å²) < 4.78 is 0. The van der Waals surface area contributed by atoms with Crippen LogP contribution in [-0.4, -0.2) is 54.3 Å². The number of nitrogens with one attached hydrogen (secondary N) is 1. The Bertz CT molecular complexity index is 528. The van der Waals surface area contributed by atoms with E-state index < -0.39 is 0 Å². The van der Waals surface area contributed by atoms with Crippen molar-refractivity contribution in [2.75, 3.05) is 32.7 Å². The molecule has 2 saturated heterocycles. The standard InChI is InChI=1S/C18H28N4O2/c1-14-9-15(2)12-21(11-14)13-16(10-19)18(24)20-6-4-8-22-7-3-5-17(22)23/h13-15H,3-9,11-12H2,1-2H3,(H,20,24)/b16-13-. The minimum absolute atomic E-state index is 0.161. The molecule has 1 N–H and O–H groups in total. The third kappa shape index (κ3) is 5.26. The number of piperidine rings is 1. The summed E-state index contributed by atoms with van der Waals surface area (Å²) in [4.78, 5) is 27.6. The van der Waals surface area contributed by atoms with Crippen LogP contribution in [-0.2, 0) is 9.59 Å². The van der Waals surface area contributed by atoms with Crippen molar-refractivity contribution in [2.24, 2.45) is 11.8 Å². The van der Waals surface area contributed by atoms with Crippen LogP contribution in [0.5, 0.6) is 0 Å². The Balaban J connectivity index is 1.77. The molecular weight excluding hydrogens is 304 g/mol. The molecule has 2 heterocycles. The topological polar surface area (TPSA) is 76.4 Å². The molecule has 2 atom stereocenters. The molecule has 0 aromatic heterocycles. The zero-order valence-corrected chi connectivity index (χ0v) is 14.8. The fourth-order valence-electron chi connectivity index (χ4n) is 3.64. The van der Waals surface area contributed by atoms with Crippen molar-refractivity contribution in [2.45, 2.75) is 39.5 Å². The third-order valence-corrected chi connectivity index (χ3v) is 4.64. The van der Waals surface area contributed by atoms with Gasteiger partial charge in [-0.25, -0.2) is 0 Å². The first-order valence-electron chi connectivity index (χ1n) is 8.91. The number of hydrogen-bond acceptors (Lipinski definition) is 4. The van der Waals surface area contributed by atoms with Crippen LogP contribution in [0, 0.1) is 23.2 Å². The molecule has 0 bridgehead atoms. The first-order valence-corrected chi connectivity index (χ1v) is 8.91. The molecule has 0 aromatic rings. The average molecular weight is 332 g/mol. The summed E-state index contributed by atoms with van der Waals surface area (Å²) in [6.45, 7) is 8.14. The van der Waals surface area contributed by atoms with Crippen molar-refractivity contribution in [3.05, 3.63) is 11.8 Å². The highest BCUT2D eigenvalue weighted by Gasteiger charge is 2.22. The Morgan fingerprint density at radius 2 is 2.08 bits per heavy atom. The molecule has 2 rings (SSSR count). The van der Waals surface area contributed by atoms with Gasteiger partial charge in [-0.05, 0) is 31.1 Å². The van der Waals surface area contributed by atoms with Crippen LogP contribution in [0.3, 0.4) is 0 Å². The van der Waals surface area contributed by atoms with Gasteiger partial charge in [-0.1, -0.05) is 13.8 Å². The molecule has 0 radical (unpaired) electrons. The highest BCUT2D eigenvalue weighted by atomic mass is 16.2. The zero-order chi connectivity index (χ0) is 17.5. The molecule has 0 saturated carbocycles. The smallest absolute Gasteiger partial charge is 0.263 e. The van der Waals surface area contributed by atoms with Gasteiger partial charge in [0.2, 0.25) is 5.91 Å². The molecule has 132 valence electrons. The number of carbonyl (C=O) groups is 2. The van der Waals surface area contributed by atoms with Gasteiger partial charge in [0.1, 0.15) is 11.6 Å². The van der Waals surface area contributed by atoms with E-state index in [1.807, 2.05) is 11.0 Å². The molecule has 0 spiro atoms. The Morgan fingerprint density at radius 1 is 1.38 bits per heavy atom. The lowest BCUT2D eigenvalue weighted by Gasteiger charge is -2.34. The predicted molar refractivity (Wildman–Crippen MR) is 91.7 cm³/mol. The zero-order valence-electron chi connectivity index (χ0n) is 14.8. The van der Waals surface area contributed by atoms with E-state index >= 15 is 0 Å². The van der Waals surface area contributed by atoms with E-state index in [1.54, 1.807) is 6.20 Å². The normalized spacial score (nSPS) is 24.9.